The highest BCUT2D eigenvalue weighted by Crippen LogP contribution is 2.48. The highest BCUT2D eigenvalue weighted by atomic mass is 16.5. The fourth-order valence-electron chi connectivity index (χ4n) is 3.89. The summed E-state index contributed by atoms with van der Waals surface area (Å²) >= 11 is 0. The largest absolute Gasteiger partial charge is 0.497 e. The minimum atomic E-state index is -0.235. The smallest absolute Gasteiger partial charge is 0.173 e. The van der Waals surface area contributed by atoms with E-state index in [0.717, 1.165) is 42.6 Å². The fraction of sp³-hybridized carbons (Fsp3) is 0.381. The van der Waals surface area contributed by atoms with Crippen molar-refractivity contribution < 1.29 is 9.53 Å². The number of hydrogen-bond acceptors (Lipinski definition) is 2. The van der Waals surface area contributed by atoms with Crippen molar-refractivity contribution >= 4 is 5.78 Å². The molecular formula is C21H24O2. The minimum Gasteiger partial charge on any atom is -0.497 e. The van der Waals surface area contributed by atoms with Crippen LogP contribution in [0.5, 0.6) is 5.75 Å². The van der Waals surface area contributed by atoms with Crippen molar-refractivity contribution in [1.29, 1.82) is 0 Å². The third-order valence-corrected chi connectivity index (χ3v) is 4.99. The molecule has 2 heteroatoms. The van der Waals surface area contributed by atoms with E-state index in [4.69, 9.17) is 4.74 Å². The molecule has 3 rings (SSSR count). The van der Waals surface area contributed by atoms with Gasteiger partial charge in [-0.2, -0.15) is 0 Å². The van der Waals surface area contributed by atoms with Crippen LogP contribution in [0.2, 0.25) is 0 Å². The van der Waals surface area contributed by atoms with Gasteiger partial charge in [0.25, 0.3) is 0 Å². The number of carbonyl (C=O) groups is 1. The van der Waals surface area contributed by atoms with Crippen molar-refractivity contribution in [3.8, 4) is 16.9 Å². The lowest BCUT2D eigenvalue weighted by Crippen LogP contribution is -2.46. The topological polar surface area (TPSA) is 26.3 Å². The molecule has 0 spiro atoms. The first-order valence-electron chi connectivity index (χ1n) is 8.50. The summed E-state index contributed by atoms with van der Waals surface area (Å²) in [5.74, 6) is 1.21. The maximum atomic E-state index is 12.7. The molecule has 2 aromatic carbocycles. The first kappa shape index (κ1) is 15.8. The number of fused-ring (bicyclic) bond motifs is 1. The van der Waals surface area contributed by atoms with Crippen molar-refractivity contribution in [3.05, 3.63) is 53.6 Å². The van der Waals surface area contributed by atoms with Crippen LogP contribution in [0.1, 0.15) is 55.5 Å². The van der Waals surface area contributed by atoms with E-state index in [1.807, 2.05) is 18.2 Å². The van der Waals surface area contributed by atoms with Crippen LogP contribution >= 0.6 is 0 Å². The highest BCUT2D eigenvalue weighted by molar-refractivity contribution is 6.14. The van der Waals surface area contributed by atoms with E-state index in [0.29, 0.717) is 5.78 Å². The molecule has 0 atom stereocenters. The zero-order valence-electron chi connectivity index (χ0n) is 14.2. The summed E-state index contributed by atoms with van der Waals surface area (Å²) in [7, 11) is 1.68. The lowest BCUT2D eigenvalue weighted by molar-refractivity contribution is 0.0807. The minimum absolute atomic E-state index is 0.235. The Kier molecular flexibility index (Phi) is 4.25. The van der Waals surface area contributed by atoms with E-state index in [2.05, 4.69) is 38.1 Å². The molecule has 2 nitrogen and oxygen atoms in total. The van der Waals surface area contributed by atoms with Crippen LogP contribution in [-0.2, 0) is 5.41 Å². The number of hydrogen-bond donors (Lipinski definition) is 0. The Balaban J connectivity index is 2.01. The number of Topliss-reactive ketones (excluding diaryl/α,β-unsaturated/α-hetero) is 1. The van der Waals surface area contributed by atoms with Crippen LogP contribution in [0.15, 0.2) is 42.5 Å². The maximum Gasteiger partial charge on any atom is 0.173 e. The van der Waals surface area contributed by atoms with Crippen LogP contribution < -0.4 is 4.74 Å². The molecule has 0 fully saturated rings. The Morgan fingerprint density at radius 3 is 2.09 bits per heavy atom. The Hall–Kier alpha value is -2.09. The van der Waals surface area contributed by atoms with Gasteiger partial charge >= 0.3 is 0 Å². The summed E-state index contributed by atoms with van der Waals surface area (Å²) in [6.07, 6.45) is 3.99. The first-order valence-corrected chi connectivity index (χ1v) is 8.50. The third kappa shape index (κ3) is 2.46. The Bertz CT molecular complexity index is 707. The molecule has 1 aliphatic rings. The average Bonchev–Trinajstić information content (AvgIpc) is 2.60. The summed E-state index contributed by atoms with van der Waals surface area (Å²) < 4.78 is 5.23. The summed E-state index contributed by atoms with van der Waals surface area (Å²) in [6.45, 7) is 4.33. The zero-order valence-corrected chi connectivity index (χ0v) is 14.2. The molecule has 0 saturated heterocycles. The molecule has 0 unspecified atom stereocenters. The molecular weight excluding hydrogens is 284 g/mol. The summed E-state index contributed by atoms with van der Waals surface area (Å²) in [4.78, 5) is 12.7. The molecule has 0 saturated carbocycles. The van der Waals surface area contributed by atoms with Gasteiger partial charge in [-0.05, 0) is 47.7 Å². The predicted octanol–water partition coefficient (Wildman–Crippen LogP) is 5.40. The van der Waals surface area contributed by atoms with Crippen LogP contribution in [0.25, 0.3) is 11.1 Å². The van der Waals surface area contributed by atoms with Crippen LogP contribution in [-0.4, -0.2) is 12.9 Å². The molecule has 0 aromatic heterocycles. The second kappa shape index (κ2) is 6.19. The number of carbonyl (C=O) groups excluding carboxylic acids is 1. The van der Waals surface area contributed by atoms with E-state index in [-0.39, 0.29) is 5.41 Å². The molecule has 2 aromatic rings. The number of ketones is 1. The predicted molar refractivity (Wildman–Crippen MR) is 94.3 cm³/mol. The van der Waals surface area contributed by atoms with E-state index in [1.165, 1.54) is 11.1 Å². The van der Waals surface area contributed by atoms with E-state index in [1.54, 1.807) is 7.11 Å². The monoisotopic (exact) mass is 308 g/mol. The highest BCUT2D eigenvalue weighted by Gasteiger charge is 2.49. The molecule has 120 valence electrons. The number of benzene rings is 2. The van der Waals surface area contributed by atoms with Gasteiger partial charge in [0.15, 0.2) is 5.78 Å². The van der Waals surface area contributed by atoms with Crippen LogP contribution in [0.4, 0.5) is 0 Å². The van der Waals surface area contributed by atoms with Crippen molar-refractivity contribution in [2.45, 2.75) is 44.9 Å². The second-order valence-corrected chi connectivity index (χ2v) is 6.40. The van der Waals surface area contributed by atoms with E-state index < -0.39 is 0 Å². The lowest BCUT2D eigenvalue weighted by atomic mass is 9.58. The Morgan fingerprint density at radius 2 is 1.52 bits per heavy atom. The molecule has 1 aliphatic carbocycles. The van der Waals surface area contributed by atoms with E-state index in [9.17, 15) is 4.79 Å². The van der Waals surface area contributed by atoms with Gasteiger partial charge < -0.3 is 4.74 Å². The number of ether oxygens (including phenoxy) is 1. The molecule has 23 heavy (non-hydrogen) atoms. The van der Waals surface area contributed by atoms with Crippen LogP contribution in [0, 0.1) is 0 Å². The Labute approximate surface area is 138 Å². The lowest BCUT2D eigenvalue weighted by Gasteiger charge is -2.42. The zero-order chi connectivity index (χ0) is 16.4. The summed E-state index contributed by atoms with van der Waals surface area (Å²) in [6, 6.07) is 14.4. The SMILES string of the molecule is CCCC1(CCC)C(=O)c2ccc(-c3ccc(OC)cc3)cc21. The van der Waals surface area contributed by atoms with Crippen molar-refractivity contribution in [2.24, 2.45) is 0 Å². The van der Waals surface area contributed by atoms with Crippen molar-refractivity contribution in [2.75, 3.05) is 7.11 Å². The second-order valence-electron chi connectivity index (χ2n) is 6.40. The first-order chi connectivity index (χ1) is 11.2. The molecule has 0 radical (unpaired) electrons. The fourth-order valence-corrected chi connectivity index (χ4v) is 3.89. The summed E-state index contributed by atoms with van der Waals surface area (Å²) in [5.41, 5.74) is 4.27. The normalized spacial score (nSPS) is 15.0. The molecule has 0 aliphatic heterocycles. The van der Waals surface area contributed by atoms with Crippen LogP contribution in [0.3, 0.4) is 0 Å². The van der Waals surface area contributed by atoms with Gasteiger partial charge in [-0.1, -0.05) is 51.0 Å². The molecule has 0 amide bonds. The Morgan fingerprint density at radius 1 is 0.913 bits per heavy atom. The van der Waals surface area contributed by atoms with Gasteiger partial charge in [-0.25, -0.2) is 0 Å². The molecule has 0 bridgehead atoms. The number of methoxy groups -OCH3 is 1. The van der Waals surface area contributed by atoms with Gasteiger partial charge in [-0.15, -0.1) is 0 Å². The number of rotatable bonds is 6. The quantitative estimate of drug-likeness (QED) is 0.714. The molecule has 0 heterocycles. The molecule has 0 N–H and O–H groups in total. The van der Waals surface area contributed by atoms with Crippen molar-refractivity contribution in [3.63, 3.8) is 0 Å². The van der Waals surface area contributed by atoms with E-state index >= 15 is 0 Å². The van der Waals surface area contributed by atoms with Gasteiger partial charge in [0.2, 0.25) is 0 Å². The van der Waals surface area contributed by atoms with Gasteiger partial charge in [0.05, 0.1) is 12.5 Å². The average molecular weight is 308 g/mol. The van der Waals surface area contributed by atoms with Crippen molar-refractivity contribution in [1.82, 2.24) is 0 Å². The van der Waals surface area contributed by atoms with Gasteiger partial charge in [0.1, 0.15) is 5.75 Å². The third-order valence-electron chi connectivity index (χ3n) is 4.99. The van der Waals surface area contributed by atoms with Gasteiger partial charge in [0, 0.05) is 5.56 Å². The standard InChI is InChI=1S/C21H24O2/c1-4-12-21(13-5-2)19-14-16(8-11-18(19)20(21)22)15-6-9-17(23-3)10-7-15/h6-11,14H,4-5,12-13H2,1-3H3. The maximum absolute atomic E-state index is 12.7. The van der Waals surface area contributed by atoms with Gasteiger partial charge in [-0.3, -0.25) is 4.79 Å². The summed E-state index contributed by atoms with van der Waals surface area (Å²) in [5, 5.41) is 0.